The van der Waals surface area contributed by atoms with E-state index in [9.17, 15) is 22.8 Å². The highest BCUT2D eigenvalue weighted by Crippen LogP contribution is 2.38. The normalized spacial score (nSPS) is 21.1. The zero-order chi connectivity index (χ0) is 27.0. The maximum Gasteiger partial charge on any atom is 0.423 e. The van der Waals surface area contributed by atoms with Gasteiger partial charge in [0.05, 0.1) is 41.7 Å². The van der Waals surface area contributed by atoms with Gasteiger partial charge in [-0.3, -0.25) is 9.59 Å². The largest absolute Gasteiger partial charge is 0.488 e. The van der Waals surface area contributed by atoms with Crippen molar-refractivity contribution in [2.75, 3.05) is 49.7 Å². The van der Waals surface area contributed by atoms with Gasteiger partial charge in [-0.25, -0.2) is 10.1 Å². The van der Waals surface area contributed by atoms with Crippen molar-refractivity contribution >= 4 is 49.5 Å². The van der Waals surface area contributed by atoms with Crippen LogP contribution >= 0.6 is 11.6 Å². The lowest BCUT2D eigenvalue weighted by Crippen LogP contribution is -2.68. The van der Waals surface area contributed by atoms with Crippen molar-refractivity contribution in [1.29, 1.82) is 0 Å². The molecular formula is C21H28ClF3N6O4Si2. The fraction of sp³-hybridized carbons (Fsp3) is 0.524. The van der Waals surface area contributed by atoms with E-state index in [2.05, 4.69) is 20.3 Å². The Hall–Kier alpha value is -2.63. The summed E-state index contributed by atoms with van der Waals surface area (Å²) in [7, 11) is 1.15. The summed E-state index contributed by atoms with van der Waals surface area (Å²) in [6, 6.07) is 1.75. The van der Waals surface area contributed by atoms with Gasteiger partial charge in [0.1, 0.15) is 12.2 Å². The SMILES string of the molecule is C[C@]([SiH3])(COCCC(=O)N1CCN2c3ncc(Cl)cc3OC[C@@]2([SiH3])C1)Nc1cn[nH]c(=O)c1C(F)(F)F. The number of aromatic amines is 1. The Morgan fingerprint density at radius 2 is 2.14 bits per heavy atom. The van der Waals surface area contributed by atoms with Gasteiger partial charge in [-0.05, 0) is 6.92 Å². The van der Waals surface area contributed by atoms with E-state index in [1.165, 1.54) is 0 Å². The second-order valence-corrected chi connectivity index (χ2v) is 14.5. The minimum absolute atomic E-state index is 0.0634. The number of anilines is 2. The van der Waals surface area contributed by atoms with E-state index in [0.29, 0.717) is 47.3 Å². The molecule has 37 heavy (non-hydrogen) atoms. The number of H-pyrrole nitrogens is 1. The summed E-state index contributed by atoms with van der Waals surface area (Å²) < 4.78 is 51.5. The van der Waals surface area contributed by atoms with Crippen LogP contribution in [-0.2, 0) is 15.7 Å². The predicted octanol–water partition coefficient (Wildman–Crippen LogP) is -0.460. The summed E-state index contributed by atoms with van der Waals surface area (Å²) in [6.45, 7) is 3.97. The molecule has 2 atom stereocenters. The van der Waals surface area contributed by atoms with Crippen LogP contribution in [0.2, 0.25) is 5.02 Å². The molecule has 2 aliphatic heterocycles. The summed E-state index contributed by atoms with van der Waals surface area (Å²) in [5, 5.41) is 7.39. The number of carbonyl (C=O) groups is 1. The number of fused-ring (bicyclic) bond motifs is 3. The first-order chi connectivity index (χ1) is 17.3. The summed E-state index contributed by atoms with van der Waals surface area (Å²) in [4.78, 5) is 33.0. The Bertz CT molecular complexity index is 1230. The Kier molecular flexibility index (Phi) is 7.60. The Morgan fingerprint density at radius 1 is 1.38 bits per heavy atom. The van der Waals surface area contributed by atoms with Gasteiger partial charge in [-0.2, -0.15) is 18.3 Å². The molecule has 0 radical (unpaired) electrons. The molecule has 2 N–H and O–H groups in total. The number of hydrogen-bond acceptors (Lipinski definition) is 8. The quantitative estimate of drug-likeness (QED) is 0.336. The van der Waals surface area contributed by atoms with Crippen molar-refractivity contribution < 1.29 is 27.4 Å². The summed E-state index contributed by atoms with van der Waals surface area (Å²) in [5.74, 6) is 1.32. The van der Waals surface area contributed by atoms with Crippen molar-refractivity contribution in [2.24, 2.45) is 0 Å². The third-order valence-electron chi connectivity index (χ3n) is 6.26. The van der Waals surface area contributed by atoms with Crippen LogP contribution in [0.1, 0.15) is 18.9 Å². The number of rotatable bonds is 7. The molecule has 0 saturated carbocycles. The van der Waals surface area contributed by atoms with Gasteiger partial charge in [0.15, 0.2) is 11.6 Å². The topological polar surface area (TPSA) is 113 Å². The minimum atomic E-state index is -4.83. The van der Waals surface area contributed by atoms with Crippen LogP contribution in [0.4, 0.5) is 24.7 Å². The molecule has 2 aliphatic rings. The van der Waals surface area contributed by atoms with Crippen LogP contribution in [-0.4, -0.2) is 96.3 Å². The Labute approximate surface area is 221 Å². The predicted molar refractivity (Wildman–Crippen MR) is 139 cm³/mol. The highest BCUT2D eigenvalue weighted by molar-refractivity contribution is 6.30. The summed E-state index contributed by atoms with van der Waals surface area (Å²) >= 11 is 6.03. The number of pyridine rings is 1. The molecule has 4 rings (SSSR count). The van der Waals surface area contributed by atoms with Crippen molar-refractivity contribution in [1.82, 2.24) is 20.1 Å². The van der Waals surface area contributed by atoms with Crippen molar-refractivity contribution in [2.45, 2.75) is 29.8 Å². The first-order valence-electron chi connectivity index (χ1n) is 11.6. The number of halogens is 4. The zero-order valence-electron chi connectivity index (χ0n) is 20.6. The Balaban J connectivity index is 1.29. The van der Waals surface area contributed by atoms with Gasteiger partial charge in [0.2, 0.25) is 5.91 Å². The van der Waals surface area contributed by atoms with Gasteiger partial charge in [0, 0.05) is 57.5 Å². The van der Waals surface area contributed by atoms with Gasteiger partial charge in [-0.15, -0.1) is 0 Å². The molecule has 0 aliphatic carbocycles. The fourth-order valence-electron chi connectivity index (χ4n) is 4.54. The molecule has 0 spiro atoms. The first-order valence-corrected chi connectivity index (χ1v) is 14.0. The number of piperazine rings is 1. The van der Waals surface area contributed by atoms with E-state index >= 15 is 0 Å². The molecule has 1 fully saturated rings. The molecule has 4 heterocycles. The zero-order valence-corrected chi connectivity index (χ0v) is 25.4. The van der Waals surface area contributed by atoms with Gasteiger partial charge >= 0.3 is 6.18 Å². The van der Waals surface area contributed by atoms with E-state index in [1.54, 1.807) is 24.1 Å². The molecule has 10 nitrogen and oxygen atoms in total. The lowest BCUT2D eigenvalue weighted by atomic mass is 10.1. The highest BCUT2D eigenvalue weighted by atomic mass is 35.5. The summed E-state index contributed by atoms with van der Waals surface area (Å²) in [6.07, 6.45) is -2.17. The molecule has 0 bridgehead atoms. The third-order valence-corrected chi connectivity index (χ3v) is 8.15. The number of nitrogens with zero attached hydrogens (tertiary/aromatic N) is 4. The van der Waals surface area contributed by atoms with Crippen molar-refractivity contribution in [3.63, 3.8) is 0 Å². The van der Waals surface area contributed by atoms with Crippen LogP contribution in [0.3, 0.4) is 0 Å². The third kappa shape index (κ3) is 6.10. The molecule has 0 unspecified atom stereocenters. The number of ether oxygens (including phenoxy) is 2. The molecule has 202 valence electrons. The van der Waals surface area contributed by atoms with Crippen LogP contribution in [0.25, 0.3) is 0 Å². The van der Waals surface area contributed by atoms with Crippen LogP contribution in [0, 0.1) is 0 Å². The molecule has 1 amide bonds. The van der Waals surface area contributed by atoms with E-state index in [4.69, 9.17) is 21.1 Å². The molecule has 2 aromatic rings. The second kappa shape index (κ2) is 10.3. The smallest absolute Gasteiger partial charge is 0.423 e. The monoisotopic (exact) mass is 576 g/mol. The fourth-order valence-corrected chi connectivity index (χ4v) is 6.12. The van der Waals surface area contributed by atoms with Crippen molar-refractivity contribution in [3.8, 4) is 5.75 Å². The maximum atomic E-state index is 13.3. The standard InChI is InChI=1S/C21H28ClF3N6O4Si2/c1-19(36,28-13-8-27-29-18(33)16(13)21(23,24)25)10-34-5-2-15(32)30-3-4-31-17-14(6-12(22)7-26-17)35-11-20(31,37)9-30/h6-8H,2-5,9-11H2,1,36-37H3,(H2,28,29,33)/t19-,20-/m0/s1. The summed E-state index contributed by atoms with van der Waals surface area (Å²) in [5.41, 5.74) is -3.05. The van der Waals surface area contributed by atoms with E-state index < -0.39 is 28.1 Å². The lowest BCUT2D eigenvalue weighted by Gasteiger charge is -2.52. The molecular weight excluding hydrogens is 549 g/mol. The number of carbonyl (C=O) groups excluding carboxylic acids is 1. The number of alkyl halides is 3. The maximum absolute atomic E-state index is 13.3. The van der Waals surface area contributed by atoms with Crippen LogP contribution < -0.4 is 20.5 Å². The molecule has 16 heteroatoms. The molecule has 0 aromatic carbocycles. The first kappa shape index (κ1) is 27.4. The van der Waals surface area contributed by atoms with Crippen molar-refractivity contribution in [3.05, 3.63) is 39.4 Å². The van der Waals surface area contributed by atoms with Crippen LogP contribution in [0.15, 0.2) is 23.3 Å². The number of hydrogen-bond donors (Lipinski definition) is 2. The minimum Gasteiger partial charge on any atom is -0.488 e. The number of nitrogens with one attached hydrogen (secondary N) is 2. The number of amides is 1. The van der Waals surface area contributed by atoms with Gasteiger partial charge in [0.25, 0.3) is 5.56 Å². The van der Waals surface area contributed by atoms with E-state index in [1.807, 2.05) is 5.10 Å². The molecule has 1 saturated heterocycles. The lowest BCUT2D eigenvalue weighted by molar-refractivity contribution is -0.138. The van der Waals surface area contributed by atoms with E-state index in [-0.39, 0.29) is 30.7 Å². The van der Waals surface area contributed by atoms with Gasteiger partial charge < -0.3 is 24.6 Å². The second-order valence-electron chi connectivity index (χ2n) is 10.0. The average molecular weight is 577 g/mol. The van der Waals surface area contributed by atoms with Gasteiger partial charge in [-0.1, -0.05) is 11.6 Å². The highest BCUT2D eigenvalue weighted by Gasteiger charge is 2.44. The van der Waals surface area contributed by atoms with E-state index in [0.717, 1.165) is 22.3 Å². The number of aromatic nitrogens is 3. The average Bonchev–Trinajstić information content (AvgIpc) is 2.79. The Morgan fingerprint density at radius 3 is 2.86 bits per heavy atom. The molecule has 2 aromatic heterocycles. The van der Waals surface area contributed by atoms with Crippen LogP contribution in [0.5, 0.6) is 5.75 Å².